The minimum absolute atomic E-state index is 0.00493. The van der Waals surface area contributed by atoms with Gasteiger partial charge in [-0.3, -0.25) is 0 Å². The highest BCUT2D eigenvalue weighted by Gasteiger charge is 2.19. The Kier molecular flexibility index (Phi) is 5.83. The first kappa shape index (κ1) is 19.4. The molecule has 0 aromatic heterocycles. The van der Waals surface area contributed by atoms with E-state index in [1.807, 2.05) is 0 Å². The van der Waals surface area contributed by atoms with Crippen LogP contribution in [0.15, 0.2) is 41.3 Å². The van der Waals surface area contributed by atoms with Crippen LogP contribution in [0.3, 0.4) is 0 Å². The molecule has 27 heavy (non-hydrogen) atoms. The van der Waals surface area contributed by atoms with Crippen LogP contribution in [0.1, 0.15) is 25.0 Å². The lowest BCUT2D eigenvalue weighted by molar-refractivity contribution is 0.166. The molecule has 0 saturated heterocycles. The van der Waals surface area contributed by atoms with Gasteiger partial charge in [-0.15, -0.1) is 0 Å². The van der Waals surface area contributed by atoms with Crippen molar-refractivity contribution in [3.8, 4) is 17.2 Å². The van der Waals surface area contributed by atoms with E-state index in [1.165, 1.54) is 12.1 Å². The molecule has 1 aliphatic rings. The summed E-state index contributed by atoms with van der Waals surface area (Å²) in [6, 6.07) is 8.48. The van der Waals surface area contributed by atoms with Crippen LogP contribution in [0.25, 0.3) is 0 Å². The van der Waals surface area contributed by atoms with Crippen LogP contribution in [0.2, 0.25) is 0 Å². The summed E-state index contributed by atoms with van der Waals surface area (Å²) >= 11 is 0. The maximum Gasteiger partial charge on any atom is 0.240 e. The third kappa shape index (κ3) is 4.49. The summed E-state index contributed by atoms with van der Waals surface area (Å²) in [7, 11) is -3.90. The molecule has 1 unspecified atom stereocenters. The van der Waals surface area contributed by atoms with Crippen LogP contribution in [0.4, 0.5) is 4.39 Å². The molecule has 1 atom stereocenters. The van der Waals surface area contributed by atoms with Crippen LogP contribution >= 0.6 is 0 Å². The van der Waals surface area contributed by atoms with Crippen molar-refractivity contribution in [1.29, 1.82) is 0 Å². The Hall–Kier alpha value is -2.36. The van der Waals surface area contributed by atoms with Gasteiger partial charge in [0.1, 0.15) is 0 Å². The Labute approximate surface area is 156 Å². The zero-order chi connectivity index (χ0) is 19.4. The van der Waals surface area contributed by atoms with E-state index in [0.717, 1.165) is 6.07 Å². The van der Waals surface area contributed by atoms with Crippen LogP contribution in [-0.2, 0) is 10.0 Å². The molecule has 0 aliphatic carbocycles. The molecule has 9 heteroatoms. The van der Waals surface area contributed by atoms with Gasteiger partial charge < -0.3 is 19.3 Å². The molecule has 7 nitrogen and oxygen atoms in total. The second-order valence-corrected chi connectivity index (χ2v) is 7.61. The van der Waals surface area contributed by atoms with Crippen molar-refractivity contribution in [2.45, 2.75) is 24.3 Å². The number of aliphatic hydroxyl groups is 1. The number of benzene rings is 2. The van der Waals surface area contributed by atoms with E-state index in [9.17, 15) is 17.9 Å². The van der Waals surface area contributed by atoms with Gasteiger partial charge >= 0.3 is 0 Å². The van der Waals surface area contributed by atoms with E-state index < -0.39 is 21.9 Å². The first-order valence-electron chi connectivity index (χ1n) is 8.40. The molecule has 0 saturated carbocycles. The fourth-order valence-corrected chi connectivity index (χ4v) is 3.68. The number of fused-ring (bicyclic) bond motifs is 1. The first-order chi connectivity index (χ1) is 12.9. The predicted molar refractivity (Wildman–Crippen MR) is 94.9 cm³/mol. The van der Waals surface area contributed by atoms with Gasteiger partial charge in [0.25, 0.3) is 0 Å². The molecule has 0 bridgehead atoms. The Morgan fingerprint density at radius 2 is 2.00 bits per heavy atom. The second kappa shape index (κ2) is 8.12. The minimum atomic E-state index is -3.90. The van der Waals surface area contributed by atoms with Crippen molar-refractivity contribution in [1.82, 2.24) is 4.72 Å². The van der Waals surface area contributed by atoms with Gasteiger partial charge in [0.05, 0.1) is 17.6 Å². The van der Waals surface area contributed by atoms with Crippen LogP contribution < -0.4 is 18.9 Å². The molecule has 0 amide bonds. The number of rotatable bonds is 8. The van der Waals surface area contributed by atoms with Crippen molar-refractivity contribution >= 4 is 10.0 Å². The molecule has 1 aliphatic heterocycles. The maximum absolute atomic E-state index is 13.9. The van der Waals surface area contributed by atoms with Crippen LogP contribution in [0.5, 0.6) is 17.2 Å². The van der Waals surface area contributed by atoms with Crippen molar-refractivity contribution in [2.75, 3.05) is 19.9 Å². The molecule has 2 aromatic rings. The molecule has 146 valence electrons. The highest BCUT2D eigenvalue weighted by Crippen LogP contribution is 2.34. The monoisotopic (exact) mass is 397 g/mol. The molecular formula is C18H20FNO6S. The highest BCUT2D eigenvalue weighted by molar-refractivity contribution is 7.89. The topological polar surface area (TPSA) is 94.1 Å². The third-order valence-corrected chi connectivity index (χ3v) is 5.46. The quantitative estimate of drug-likeness (QED) is 0.710. The summed E-state index contributed by atoms with van der Waals surface area (Å²) in [5.41, 5.74) is 0.588. The van der Waals surface area contributed by atoms with Gasteiger partial charge in [0.15, 0.2) is 23.1 Å². The maximum atomic E-state index is 13.9. The smallest absolute Gasteiger partial charge is 0.240 e. The average Bonchev–Trinajstić information content (AvgIpc) is 3.11. The lowest BCUT2D eigenvalue weighted by atomic mass is 10.1. The lowest BCUT2D eigenvalue weighted by Crippen LogP contribution is -2.26. The van der Waals surface area contributed by atoms with Gasteiger partial charge in [-0.25, -0.2) is 17.5 Å². The SMILES string of the molecule is CCOc1ccc(S(=O)(=O)NCCC(O)c2ccc3c(c2)OCO3)cc1F. The van der Waals surface area contributed by atoms with E-state index in [2.05, 4.69) is 4.72 Å². The van der Waals surface area contributed by atoms with E-state index in [4.69, 9.17) is 14.2 Å². The molecule has 2 aromatic carbocycles. The number of ether oxygens (including phenoxy) is 3. The van der Waals surface area contributed by atoms with E-state index >= 15 is 0 Å². The summed E-state index contributed by atoms with van der Waals surface area (Å²) in [4.78, 5) is -0.207. The third-order valence-electron chi connectivity index (χ3n) is 4.00. The van der Waals surface area contributed by atoms with Crippen molar-refractivity contribution in [3.05, 3.63) is 47.8 Å². The van der Waals surface area contributed by atoms with Gasteiger partial charge in [-0.1, -0.05) is 6.07 Å². The number of hydrogen-bond donors (Lipinski definition) is 2. The molecule has 2 N–H and O–H groups in total. The molecule has 1 heterocycles. The Bertz CT molecular complexity index is 918. The number of hydrogen-bond acceptors (Lipinski definition) is 6. The lowest BCUT2D eigenvalue weighted by Gasteiger charge is -2.13. The summed E-state index contributed by atoms with van der Waals surface area (Å²) in [6.45, 7) is 2.09. The minimum Gasteiger partial charge on any atom is -0.491 e. The summed E-state index contributed by atoms with van der Waals surface area (Å²) < 4.78 is 56.3. The zero-order valence-electron chi connectivity index (χ0n) is 14.6. The Morgan fingerprint density at radius 3 is 2.74 bits per heavy atom. The summed E-state index contributed by atoms with van der Waals surface area (Å²) in [5.74, 6) is 0.385. The number of sulfonamides is 1. The number of nitrogens with one attached hydrogen (secondary N) is 1. The van der Waals surface area contributed by atoms with Gasteiger partial charge in [0.2, 0.25) is 16.8 Å². The number of halogens is 1. The van der Waals surface area contributed by atoms with Crippen molar-refractivity contribution in [3.63, 3.8) is 0 Å². The zero-order valence-corrected chi connectivity index (χ0v) is 15.5. The van der Waals surface area contributed by atoms with E-state index in [1.54, 1.807) is 25.1 Å². The van der Waals surface area contributed by atoms with Gasteiger partial charge in [0, 0.05) is 6.54 Å². The summed E-state index contributed by atoms with van der Waals surface area (Å²) in [6.07, 6.45) is -0.752. The number of aliphatic hydroxyl groups excluding tert-OH is 1. The standard InChI is InChI=1S/C18H20FNO6S/c1-2-24-16-6-4-13(10-14(16)19)27(22,23)20-8-7-15(21)12-3-5-17-18(9-12)26-11-25-17/h3-6,9-10,15,20-21H,2,7-8,11H2,1H3. The fourth-order valence-electron chi connectivity index (χ4n) is 2.62. The second-order valence-electron chi connectivity index (χ2n) is 5.84. The summed E-state index contributed by atoms with van der Waals surface area (Å²) in [5, 5.41) is 10.3. The van der Waals surface area contributed by atoms with Crippen LogP contribution in [-0.4, -0.2) is 33.5 Å². The average molecular weight is 397 g/mol. The van der Waals surface area contributed by atoms with Gasteiger partial charge in [-0.05, 0) is 49.2 Å². The molecule has 0 fully saturated rings. The fraction of sp³-hybridized carbons (Fsp3) is 0.333. The molecular weight excluding hydrogens is 377 g/mol. The Morgan fingerprint density at radius 1 is 1.22 bits per heavy atom. The van der Waals surface area contributed by atoms with Gasteiger partial charge in [-0.2, -0.15) is 0 Å². The largest absolute Gasteiger partial charge is 0.491 e. The molecule has 3 rings (SSSR count). The van der Waals surface area contributed by atoms with Crippen molar-refractivity contribution < 1.29 is 32.1 Å². The van der Waals surface area contributed by atoms with E-state index in [-0.39, 0.29) is 37.0 Å². The normalized spacial score (nSPS) is 14.2. The molecule has 0 spiro atoms. The van der Waals surface area contributed by atoms with Crippen LogP contribution in [0, 0.1) is 5.82 Å². The van der Waals surface area contributed by atoms with E-state index in [0.29, 0.717) is 17.1 Å². The first-order valence-corrected chi connectivity index (χ1v) is 9.88. The molecule has 0 radical (unpaired) electrons. The highest BCUT2D eigenvalue weighted by atomic mass is 32.2. The van der Waals surface area contributed by atoms with Crippen molar-refractivity contribution in [2.24, 2.45) is 0 Å². The predicted octanol–water partition coefficient (Wildman–Crippen LogP) is 2.36. The Balaban J connectivity index is 1.59.